The molecule has 3 fully saturated rings. The first-order chi connectivity index (χ1) is 55.6. The van der Waals surface area contributed by atoms with E-state index in [-0.39, 0.29) is 11.5 Å². The zero-order valence-electron chi connectivity index (χ0n) is 75.1. The lowest BCUT2D eigenvalue weighted by atomic mass is 9.68. The molecule has 1 saturated carbocycles. The number of ether oxygens (including phenoxy) is 2. The standard InChI is InChI=1S/C106H192Cl2N2O2/c107-102-87-83-100(84-88-102)104(101-85-89-103(108)90-86-101)110-96-82-95-109-94-81-77-73-69-65-61-57-53-49-45-41-37-33-29-25-21-17-13-9-8-11-15-19-23-27-31-35-39-43-47-51-55-59-63-67-71-75-79-92-105(99-110)91-78-74-70-66-62-58-54-50-46-42-38-34-30-26-22-18-14-10-6-4-2-1-3-5-7-12-16-20-24-28-32-36-40-44-48-52-56-60-64-68-72-76-80-93-106(105)111-97-98-112-106/h83-90,104,109H,1-82,91-99H2. The van der Waals surface area contributed by atoms with Crippen LogP contribution in [0.25, 0.3) is 0 Å². The van der Waals surface area contributed by atoms with Gasteiger partial charge in [0.2, 0.25) is 0 Å². The van der Waals surface area contributed by atoms with E-state index in [1.54, 1.807) is 0 Å². The minimum absolute atomic E-state index is 0.0465. The molecule has 652 valence electrons. The summed E-state index contributed by atoms with van der Waals surface area (Å²) in [6, 6.07) is 17.9. The largest absolute Gasteiger partial charge is 0.347 e. The molecule has 1 N–H and O–H groups in total. The van der Waals surface area contributed by atoms with Crippen molar-refractivity contribution in [1.82, 2.24) is 10.2 Å². The molecule has 5 rings (SSSR count). The lowest BCUT2D eigenvalue weighted by molar-refractivity contribution is -0.254. The van der Waals surface area contributed by atoms with E-state index in [4.69, 9.17) is 32.7 Å². The lowest BCUT2D eigenvalue weighted by Gasteiger charge is -2.51. The first-order valence-corrected chi connectivity index (χ1v) is 52.6. The maximum atomic E-state index is 7.52. The Hall–Kier alpha value is -1.14. The van der Waals surface area contributed by atoms with E-state index < -0.39 is 5.79 Å². The van der Waals surface area contributed by atoms with Crippen molar-refractivity contribution >= 4 is 23.2 Å². The summed E-state index contributed by atoms with van der Waals surface area (Å²) in [5.74, 6) is -0.597. The molecule has 2 aromatic rings. The van der Waals surface area contributed by atoms with E-state index in [1.807, 2.05) is 0 Å². The Kier molecular flexibility index (Phi) is 68.8. The van der Waals surface area contributed by atoms with Gasteiger partial charge in [-0.2, -0.15) is 0 Å². The highest BCUT2D eigenvalue weighted by atomic mass is 35.5. The van der Waals surface area contributed by atoms with Crippen LogP contribution in [-0.4, -0.2) is 50.1 Å². The van der Waals surface area contributed by atoms with Crippen LogP contribution in [0, 0.1) is 5.41 Å². The third kappa shape index (κ3) is 54.9. The first kappa shape index (κ1) is 101. The van der Waals surface area contributed by atoms with Crippen LogP contribution >= 0.6 is 23.2 Å². The molecule has 1 atom stereocenters. The van der Waals surface area contributed by atoms with Gasteiger partial charge >= 0.3 is 0 Å². The average Bonchev–Trinajstić information content (AvgIpc) is 1.43. The molecule has 0 aromatic heterocycles. The Morgan fingerprint density at radius 3 is 0.616 bits per heavy atom. The molecular weight excluding hydrogens is 1400 g/mol. The summed E-state index contributed by atoms with van der Waals surface area (Å²) in [5, 5.41) is 5.61. The monoisotopic (exact) mass is 1600 g/mol. The van der Waals surface area contributed by atoms with Gasteiger partial charge < -0.3 is 14.8 Å². The van der Waals surface area contributed by atoms with Crippen molar-refractivity contribution in [3.05, 3.63) is 69.7 Å². The molecule has 4 nitrogen and oxygen atoms in total. The fourth-order valence-electron chi connectivity index (χ4n) is 20.2. The number of benzene rings is 2. The van der Waals surface area contributed by atoms with Crippen molar-refractivity contribution in [2.75, 3.05) is 39.4 Å². The van der Waals surface area contributed by atoms with Crippen molar-refractivity contribution < 1.29 is 9.47 Å². The lowest BCUT2D eigenvalue weighted by Crippen LogP contribution is -2.56. The zero-order valence-corrected chi connectivity index (χ0v) is 76.6. The van der Waals surface area contributed by atoms with Gasteiger partial charge in [0.25, 0.3) is 0 Å². The van der Waals surface area contributed by atoms with E-state index >= 15 is 0 Å². The number of halogens is 2. The van der Waals surface area contributed by atoms with Gasteiger partial charge in [-0.3, -0.25) is 4.90 Å². The smallest absolute Gasteiger partial charge is 0.175 e. The Morgan fingerprint density at radius 1 is 0.223 bits per heavy atom. The number of nitrogens with one attached hydrogen (secondary N) is 1. The van der Waals surface area contributed by atoms with Gasteiger partial charge in [-0.1, -0.05) is 555 Å². The Morgan fingerprint density at radius 2 is 0.402 bits per heavy atom. The molecule has 2 heterocycles. The second-order valence-electron chi connectivity index (χ2n) is 37.7. The van der Waals surface area contributed by atoms with Crippen molar-refractivity contribution in [2.24, 2.45) is 5.41 Å². The second kappa shape index (κ2) is 76.0. The topological polar surface area (TPSA) is 33.7 Å². The molecule has 1 aliphatic carbocycles. The van der Waals surface area contributed by atoms with Gasteiger partial charge in [0, 0.05) is 35.0 Å². The molecule has 2 spiro atoms. The van der Waals surface area contributed by atoms with E-state index in [1.165, 1.54) is 531 Å². The summed E-state index contributed by atoms with van der Waals surface area (Å²) in [5.41, 5.74) is 2.46. The third-order valence-electron chi connectivity index (χ3n) is 27.5. The molecule has 6 heteroatoms. The summed E-state index contributed by atoms with van der Waals surface area (Å²) < 4.78 is 15.0. The quantitative estimate of drug-likeness (QED) is 0.332. The fourth-order valence-corrected chi connectivity index (χ4v) is 20.5. The predicted molar refractivity (Wildman–Crippen MR) is 499 cm³/mol. The summed E-state index contributed by atoms with van der Waals surface area (Å²) in [6.45, 7) is 5.54. The number of hydrogen-bond acceptors (Lipinski definition) is 4. The number of nitrogens with zero attached hydrogens (tertiary/aromatic N) is 1. The van der Waals surface area contributed by atoms with Crippen LogP contribution in [0.4, 0.5) is 0 Å². The molecule has 2 saturated heterocycles. The first-order valence-electron chi connectivity index (χ1n) is 51.8. The number of rotatable bonds is 3. The highest BCUT2D eigenvalue weighted by molar-refractivity contribution is 6.30. The van der Waals surface area contributed by atoms with Crippen molar-refractivity contribution in [2.45, 2.75) is 558 Å². The number of fused-ring (bicyclic) bond motifs is 1. The maximum absolute atomic E-state index is 7.52. The van der Waals surface area contributed by atoms with Gasteiger partial charge in [0.05, 0.1) is 19.3 Å². The third-order valence-corrected chi connectivity index (χ3v) is 28.0. The fraction of sp³-hybridized carbons (Fsp3) is 0.887. The van der Waals surface area contributed by atoms with Gasteiger partial charge in [0.1, 0.15) is 0 Å². The van der Waals surface area contributed by atoms with Crippen LogP contribution in [0.15, 0.2) is 48.5 Å². The molecule has 112 heavy (non-hydrogen) atoms. The summed E-state index contributed by atoms with van der Waals surface area (Å²) in [7, 11) is 0. The molecule has 3 aliphatic rings. The highest BCUT2D eigenvalue weighted by Gasteiger charge is 2.55. The minimum Gasteiger partial charge on any atom is -0.347 e. The summed E-state index contributed by atoms with van der Waals surface area (Å²) >= 11 is 13.6. The van der Waals surface area contributed by atoms with Crippen LogP contribution < -0.4 is 5.32 Å². The second-order valence-corrected chi connectivity index (χ2v) is 38.6. The molecule has 0 amide bonds. The van der Waals surface area contributed by atoms with Crippen LogP contribution in [0.2, 0.25) is 10.0 Å². The van der Waals surface area contributed by atoms with Gasteiger partial charge in [-0.05, 0) is 80.6 Å². The van der Waals surface area contributed by atoms with Gasteiger partial charge in [0.15, 0.2) is 5.79 Å². The normalized spacial score (nSPS) is 24.7. The summed E-state index contributed by atoms with van der Waals surface area (Å²) in [6.07, 6.45) is 120. The van der Waals surface area contributed by atoms with E-state index in [0.29, 0.717) is 13.2 Å². The Balaban J connectivity index is 1.28. The van der Waals surface area contributed by atoms with E-state index in [2.05, 4.69) is 58.7 Å². The van der Waals surface area contributed by atoms with Crippen molar-refractivity contribution in [3.8, 4) is 0 Å². The highest BCUT2D eigenvalue weighted by Crippen LogP contribution is 2.52. The Labute approximate surface area is 710 Å². The number of hydrogen-bond donors (Lipinski definition) is 1. The van der Waals surface area contributed by atoms with Gasteiger partial charge in [-0.15, -0.1) is 0 Å². The van der Waals surface area contributed by atoms with Crippen LogP contribution in [-0.2, 0) is 9.47 Å². The van der Waals surface area contributed by atoms with E-state index in [9.17, 15) is 0 Å². The van der Waals surface area contributed by atoms with Crippen molar-refractivity contribution in [3.63, 3.8) is 0 Å². The molecule has 0 radical (unpaired) electrons. The Bertz CT molecular complexity index is 2140. The molecule has 1 unspecified atom stereocenters. The molecule has 2 aliphatic heterocycles. The molecule has 0 bridgehead atoms. The predicted octanol–water partition coefficient (Wildman–Crippen LogP) is 36.9. The minimum atomic E-state index is -0.597. The van der Waals surface area contributed by atoms with Gasteiger partial charge in [-0.25, -0.2) is 0 Å². The SMILES string of the molecule is Clc1ccc(C(c2ccc(Cl)cc2)N2CCCNCCCCCCCCCCCCCCCCCCCCCCCCCCCCCCCCCCCCCCCCC3(CCCCCCCCCCCCCCCCCCCCCCCCCCCCCCCCCCCCCCCCCCCCCC34OCCO4)C2)cc1. The average molecular weight is 1600 g/mol. The van der Waals surface area contributed by atoms with E-state index in [0.717, 1.165) is 61.9 Å². The van der Waals surface area contributed by atoms with Crippen LogP contribution in [0.3, 0.4) is 0 Å². The maximum Gasteiger partial charge on any atom is 0.175 e. The molecular formula is C106H192Cl2N2O2. The summed E-state index contributed by atoms with van der Waals surface area (Å²) in [4.78, 5) is 2.93. The van der Waals surface area contributed by atoms with Crippen LogP contribution in [0.1, 0.15) is 563 Å². The van der Waals surface area contributed by atoms with Crippen molar-refractivity contribution in [1.29, 1.82) is 0 Å². The van der Waals surface area contributed by atoms with Crippen LogP contribution in [0.5, 0.6) is 0 Å². The zero-order chi connectivity index (χ0) is 78.6. The molecule has 2 aromatic carbocycles.